The van der Waals surface area contributed by atoms with Crippen LogP contribution in [0.25, 0.3) is 6.08 Å². The third-order valence-corrected chi connectivity index (χ3v) is 13.3. The zero-order valence-corrected chi connectivity index (χ0v) is 38.4. The molecule has 2 aliphatic heterocycles. The number of allylic oxidation sites excluding steroid dienone is 1. The van der Waals surface area contributed by atoms with E-state index in [2.05, 4.69) is 76.8 Å². The van der Waals surface area contributed by atoms with Crippen molar-refractivity contribution in [1.29, 1.82) is 0 Å². The summed E-state index contributed by atoms with van der Waals surface area (Å²) in [7, 11) is 8.64. The number of methoxy groups -OCH3 is 3. The van der Waals surface area contributed by atoms with Crippen molar-refractivity contribution in [2.45, 2.75) is 129 Å². The van der Waals surface area contributed by atoms with Crippen LogP contribution in [-0.4, -0.2) is 119 Å². The van der Waals surface area contributed by atoms with Gasteiger partial charge in [0.25, 0.3) is 0 Å². The average molecular weight is 835 g/mol. The van der Waals surface area contributed by atoms with E-state index in [0.717, 1.165) is 87.3 Å². The number of Topliss-reactive ketones (excluding diaryl/α,β-unsaturated/α-hetero) is 1. The molecule has 12 heteroatoms. The third kappa shape index (κ3) is 10.6. The molecule has 1 saturated carbocycles. The summed E-state index contributed by atoms with van der Waals surface area (Å²) in [5, 5.41) is 14.0. The summed E-state index contributed by atoms with van der Waals surface area (Å²) in [6.07, 6.45) is 13.5. The number of aliphatic hydroxyl groups excluding tert-OH is 1. The molecule has 6 rings (SSSR count). The highest BCUT2D eigenvalue weighted by atomic mass is 16.5. The van der Waals surface area contributed by atoms with Gasteiger partial charge in [0.05, 0.1) is 24.5 Å². The minimum absolute atomic E-state index is 0.0910. The third-order valence-electron chi connectivity index (χ3n) is 13.3. The van der Waals surface area contributed by atoms with Crippen molar-refractivity contribution in [2.75, 3.05) is 60.0 Å². The number of aromatic nitrogens is 1. The number of esters is 1. The number of carbonyl (C=O) groups is 3. The first kappa shape index (κ1) is 48.9. The molecule has 1 aromatic carbocycles. The molecular formula is C48H74N4O8. The van der Waals surface area contributed by atoms with Gasteiger partial charge in [-0.15, -0.1) is 0 Å². The zero-order chi connectivity index (χ0) is 44.4. The first-order valence-electron chi connectivity index (χ1n) is 21.8. The molecule has 0 bridgehead atoms. The molecule has 0 radical (unpaired) electrons. The molecule has 7 unspecified atom stereocenters. The normalized spacial score (nSPS) is 29.1. The van der Waals surface area contributed by atoms with E-state index in [4.69, 9.17) is 14.2 Å². The van der Waals surface area contributed by atoms with Crippen LogP contribution in [0.15, 0.2) is 36.4 Å². The van der Waals surface area contributed by atoms with Crippen molar-refractivity contribution in [3.8, 4) is 5.75 Å². The SMILES string of the molecule is CCN1CC=CC2(CC)C1CC(N(C)c1cc(OC)ccc1C)C(C(=O)C(C)O)[C@@H]2OC(C)=O.COC.COC1CNCc2c([nH]c3c2CCC=C3)[C@](C)(C=O)CC(C)C1. The lowest BCUT2D eigenvalue weighted by atomic mass is 9.58. The number of likely N-dealkylation sites (N-methyl/N-ethyl adjacent to an activating group) is 1. The summed E-state index contributed by atoms with van der Waals surface area (Å²) in [4.78, 5) is 46.1. The molecule has 0 spiro atoms. The maximum atomic E-state index is 13.6. The Kier molecular flexibility index (Phi) is 17.8. The van der Waals surface area contributed by atoms with Crippen LogP contribution in [0.4, 0.5) is 5.69 Å². The number of aliphatic hydroxyl groups is 1. The van der Waals surface area contributed by atoms with E-state index in [1.165, 1.54) is 30.7 Å². The number of nitrogens with one attached hydrogen (secondary N) is 2. The number of hydrogen-bond acceptors (Lipinski definition) is 11. The molecule has 1 fully saturated rings. The van der Waals surface area contributed by atoms with Gasteiger partial charge in [0, 0.05) is 95.6 Å². The second-order valence-electron chi connectivity index (χ2n) is 17.5. The number of ketones is 1. The number of fused-ring (bicyclic) bond motifs is 4. The predicted molar refractivity (Wildman–Crippen MR) is 239 cm³/mol. The monoisotopic (exact) mass is 835 g/mol. The number of hydrogen-bond donors (Lipinski definition) is 3. The van der Waals surface area contributed by atoms with Crippen LogP contribution in [0.2, 0.25) is 0 Å². The van der Waals surface area contributed by atoms with Gasteiger partial charge in [-0.1, -0.05) is 45.1 Å². The number of rotatable bonds is 10. The van der Waals surface area contributed by atoms with Gasteiger partial charge in [-0.2, -0.15) is 0 Å². The highest BCUT2D eigenvalue weighted by molar-refractivity contribution is 5.87. The molecule has 0 amide bonds. The fraction of sp³-hybridized carbons (Fsp3) is 0.646. The minimum Gasteiger partial charge on any atom is -0.497 e. The Morgan fingerprint density at radius 3 is 2.43 bits per heavy atom. The first-order chi connectivity index (χ1) is 28.6. The number of benzene rings is 1. The second-order valence-corrected chi connectivity index (χ2v) is 17.5. The van der Waals surface area contributed by atoms with E-state index in [1.54, 1.807) is 28.4 Å². The summed E-state index contributed by atoms with van der Waals surface area (Å²) in [5.41, 5.74) is 6.01. The lowest BCUT2D eigenvalue weighted by molar-refractivity contribution is -0.174. The lowest BCUT2D eigenvalue weighted by Crippen LogP contribution is -2.68. The smallest absolute Gasteiger partial charge is 0.302 e. The average Bonchev–Trinajstić information content (AvgIpc) is 3.62. The Morgan fingerprint density at radius 1 is 1.12 bits per heavy atom. The van der Waals surface area contributed by atoms with E-state index in [-0.39, 0.29) is 24.0 Å². The second kappa shape index (κ2) is 21.8. The minimum atomic E-state index is -1.16. The quantitative estimate of drug-likeness (QED) is 0.136. The van der Waals surface area contributed by atoms with E-state index in [9.17, 15) is 19.5 Å². The van der Waals surface area contributed by atoms with Crippen molar-refractivity contribution in [3.63, 3.8) is 0 Å². The van der Waals surface area contributed by atoms with Gasteiger partial charge < -0.3 is 44.0 Å². The van der Waals surface area contributed by atoms with Crippen molar-refractivity contribution in [1.82, 2.24) is 15.2 Å². The largest absolute Gasteiger partial charge is 0.497 e. The summed E-state index contributed by atoms with van der Waals surface area (Å²) < 4.78 is 21.3. The lowest BCUT2D eigenvalue weighted by Gasteiger charge is -2.58. The molecular weight excluding hydrogens is 761 g/mol. The highest BCUT2D eigenvalue weighted by Crippen LogP contribution is 2.51. The van der Waals surface area contributed by atoms with Gasteiger partial charge in [-0.3, -0.25) is 14.5 Å². The van der Waals surface area contributed by atoms with Crippen LogP contribution >= 0.6 is 0 Å². The van der Waals surface area contributed by atoms with Crippen LogP contribution in [0, 0.1) is 24.2 Å². The Labute approximate surface area is 359 Å². The van der Waals surface area contributed by atoms with Crippen molar-refractivity contribution in [3.05, 3.63) is 64.5 Å². The van der Waals surface area contributed by atoms with Crippen LogP contribution in [-0.2, 0) is 47.0 Å². The Hall–Kier alpha value is -3.81. The number of aldehydes is 1. The summed E-state index contributed by atoms with van der Waals surface area (Å²) in [5.74, 6) is -0.229. The zero-order valence-electron chi connectivity index (χ0n) is 38.4. The van der Waals surface area contributed by atoms with Crippen LogP contribution < -0.4 is 15.0 Å². The molecule has 2 aliphatic carbocycles. The van der Waals surface area contributed by atoms with E-state index < -0.39 is 34.9 Å². The molecule has 0 saturated heterocycles. The number of carbonyl (C=O) groups excluding carboxylic acids is 3. The molecule has 9 atom stereocenters. The Bertz CT molecular complexity index is 1810. The predicted octanol–water partition coefficient (Wildman–Crippen LogP) is 6.59. The topological polar surface area (TPSA) is 143 Å². The number of aryl methyl sites for hydroxylation is 1. The van der Waals surface area contributed by atoms with Gasteiger partial charge in [0.2, 0.25) is 0 Å². The van der Waals surface area contributed by atoms with Crippen LogP contribution in [0.3, 0.4) is 0 Å². The van der Waals surface area contributed by atoms with Crippen molar-refractivity contribution < 1.29 is 38.4 Å². The maximum Gasteiger partial charge on any atom is 0.302 e. The number of aromatic amines is 1. The molecule has 2 aromatic rings. The molecule has 3 N–H and O–H groups in total. The summed E-state index contributed by atoms with van der Waals surface area (Å²) in [6.45, 7) is 16.8. The van der Waals surface area contributed by atoms with E-state index >= 15 is 0 Å². The van der Waals surface area contributed by atoms with Crippen LogP contribution in [0.1, 0.15) is 102 Å². The van der Waals surface area contributed by atoms with Gasteiger partial charge in [0.15, 0.2) is 5.78 Å². The van der Waals surface area contributed by atoms with Crippen molar-refractivity contribution >= 4 is 29.8 Å². The summed E-state index contributed by atoms with van der Waals surface area (Å²) >= 11 is 0. The van der Waals surface area contributed by atoms with Gasteiger partial charge in [-0.25, -0.2) is 0 Å². The standard InChI is InChI=1S/C27H40N2O5.C19H28N2O2.C2H6O/c1-8-27-13-10-14-29(9-2)23(27)16-22(24(25(32)18(4)30)26(27)34-19(5)31)28(6)21-15-20(33-7)12-11-17(21)3;1-13-8-14(23-3)10-20-11-16-15-6-4-5-7-17(15)21-18(16)19(2,9-13)12-22;1-3-2/h10-13,15,18,22-24,26,30H,8-9,14,16H2,1-7H3;5,7,12-14,20-21H,4,6,8-11H2,1-3H3;1-2H3/t18?,22?,23?,24?,26-,27?;13?,14?,19-;/m00./s1. The molecule has 1 aromatic heterocycles. The van der Waals surface area contributed by atoms with E-state index in [0.29, 0.717) is 12.3 Å². The Balaban J connectivity index is 0.000000264. The Morgan fingerprint density at radius 2 is 1.83 bits per heavy atom. The van der Waals surface area contributed by atoms with Crippen molar-refractivity contribution in [2.24, 2.45) is 17.3 Å². The van der Waals surface area contributed by atoms with Gasteiger partial charge >= 0.3 is 5.97 Å². The molecule has 334 valence electrons. The number of anilines is 1. The number of H-pyrrole nitrogens is 1. The number of ether oxygens (including phenoxy) is 4. The highest BCUT2D eigenvalue weighted by Gasteiger charge is 2.60. The first-order valence-corrected chi connectivity index (χ1v) is 21.8. The fourth-order valence-electron chi connectivity index (χ4n) is 10.3. The molecule has 12 nitrogen and oxygen atoms in total. The van der Waals surface area contributed by atoms with Gasteiger partial charge in [0.1, 0.15) is 24.2 Å². The fourth-order valence-corrected chi connectivity index (χ4v) is 10.3. The number of nitrogens with zero attached hydrogens (tertiary/aromatic N) is 2. The molecule has 60 heavy (non-hydrogen) atoms. The van der Waals surface area contributed by atoms with Gasteiger partial charge in [-0.05, 0) is 101 Å². The maximum absolute atomic E-state index is 13.6. The van der Waals surface area contributed by atoms with Crippen LogP contribution in [0.5, 0.6) is 5.75 Å². The summed E-state index contributed by atoms with van der Waals surface area (Å²) in [6, 6.07) is 5.71. The molecule has 4 aliphatic rings. The molecule has 3 heterocycles. The van der Waals surface area contributed by atoms with E-state index in [1.807, 2.05) is 32.2 Å².